The molecule has 1 saturated carbocycles. The van der Waals surface area contributed by atoms with Gasteiger partial charge >= 0.3 is 5.97 Å². The van der Waals surface area contributed by atoms with Gasteiger partial charge in [0.2, 0.25) is 0 Å². The second kappa shape index (κ2) is 3.66. The van der Waals surface area contributed by atoms with Crippen LogP contribution in [0.4, 0.5) is 0 Å². The topological polar surface area (TPSA) is 49.3 Å². The zero-order chi connectivity index (χ0) is 10.1. The quantitative estimate of drug-likeness (QED) is 0.679. The predicted octanol–water partition coefficient (Wildman–Crippen LogP) is 1.34. The Hall–Kier alpha value is -0.570. The minimum absolute atomic E-state index is 0.276. The van der Waals surface area contributed by atoms with Crippen molar-refractivity contribution in [2.24, 2.45) is 17.3 Å². The van der Waals surface area contributed by atoms with E-state index in [-0.39, 0.29) is 5.92 Å². The summed E-state index contributed by atoms with van der Waals surface area (Å²) in [4.78, 5) is 10.5. The second-order valence-electron chi connectivity index (χ2n) is 4.79. The van der Waals surface area contributed by atoms with Crippen molar-refractivity contribution < 1.29 is 9.90 Å². The van der Waals surface area contributed by atoms with E-state index in [9.17, 15) is 4.79 Å². The van der Waals surface area contributed by atoms with Gasteiger partial charge in [0.05, 0.1) is 5.92 Å². The summed E-state index contributed by atoms with van der Waals surface area (Å²) in [6, 6.07) is 0. The molecule has 0 aliphatic heterocycles. The van der Waals surface area contributed by atoms with Gasteiger partial charge in [-0.05, 0) is 24.3 Å². The van der Waals surface area contributed by atoms with E-state index >= 15 is 0 Å². The molecule has 3 heteroatoms. The van der Waals surface area contributed by atoms with Gasteiger partial charge in [0.25, 0.3) is 0 Å². The van der Waals surface area contributed by atoms with Crippen molar-refractivity contribution >= 4 is 5.97 Å². The molecule has 0 aromatic heterocycles. The highest BCUT2D eigenvalue weighted by molar-refractivity contribution is 5.69. The van der Waals surface area contributed by atoms with Gasteiger partial charge < -0.3 is 10.4 Å². The van der Waals surface area contributed by atoms with Crippen LogP contribution in [0.15, 0.2) is 0 Å². The van der Waals surface area contributed by atoms with E-state index in [1.165, 1.54) is 6.42 Å². The number of hydrogen-bond acceptors (Lipinski definition) is 2. The maximum Gasteiger partial charge on any atom is 0.307 e. The molecule has 0 aromatic carbocycles. The van der Waals surface area contributed by atoms with E-state index in [1.807, 2.05) is 0 Å². The minimum atomic E-state index is -0.720. The Morgan fingerprint density at radius 3 is 2.62 bits per heavy atom. The number of carbonyl (C=O) groups is 1. The van der Waals surface area contributed by atoms with E-state index in [2.05, 4.69) is 19.2 Å². The van der Waals surface area contributed by atoms with Crippen LogP contribution in [0.2, 0.25) is 0 Å². The third-order valence-corrected chi connectivity index (χ3v) is 2.98. The first-order valence-electron chi connectivity index (χ1n) is 4.87. The normalized spacial score (nSPS) is 26.8. The minimum Gasteiger partial charge on any atom is -0.481 e. The molecular formula is C10H19NO2. The van der Waals surface area contributed by atoms with Crippen LogP contribution in [0.5, 0.6) is 0 Å². The van der Waals surface area contributed by atoms with Crippen molar-refractivity contribution in [2.45, 2.75) is 27.2 Å². The maximum atomic E-state index is 10.5. The van der Waals surface area contributed by atoms with E-state index in [4.69, 9.17) is 5.11 Å². The van der Waals surface area contributed by atoms with Crippen LogP contribution in [-0.4, -0.2) is 24.2 Å². The van der Waals surface area contributed by atoms with Crippen LogP contribution in [0.25, 0.3) is 0 Å². The third kappa shape index (κ3) is 2.99. The SMILES string of the molecule is CC(CNCC1CC1(C)C)C(=O)O. The zero-order valence-corrected chi connectivity index (χ0v) is 8.63. The lowest BCUT2D eigenvalue weighted by molar-refractivity contribution is -0.140. The average Bonchev–Trinajstić information content (AvgIpc) is 2.58. The summed E-state index contributed by atoms with van der Waals surface area (Å²) in [5.74, 6) is -0.252. The van der Waals surface area contributed by atoms with Crippen molar-refractivity contribution in [3.63, 3.8) is 0 Å². The van der Waals surface area contributed by atoms with E-state index in [0.717, 1.165) is 12.5 Å². The molecule has 0 radical (unpaired) electrons. The molecule has 0 saturated heterocycles. The van der Waals surface area contributed by atoms with Gasteiger partial charge in [-0.1, -0.05) is 20.8 Å². The molecule has 0 spiro atoms. The molecule has 1 aliphatic carbocycles. The van der Waals surface area contributed by atoms with E-state index in [1.54, 1.807) is 6.92 Å². The van der Waals surface area contributed by atoms with Crippen molar-refractivity contribution in [1.29, 1.82) is 0 Å². The van der Waals surface area contributed by atoms with Crippen molar-refractivity contribution in [3.8, 4) is 0 Å². The molecule has 2 N–H and O–H groups in total. The summed E-state index contributed by atoms with van der Waals surface area (Å²) in [6.07, 6.45) is 1.27. The van der Waals surface area contributed by atoms with Crippen molar-refractivity contribution in [3.05, 3.63) is 0 Å². The van der Waals surface area contributed by atoms with Crippen LogP contribution in [0.3, 0.4) is 0 Å². The molecule has 2 atom stereocenters. The zero-order valence-electron chi connectivity index (χ0n) is 8.63. The highest BCUT2D eigenvalue weighted by atomic mass is 16.4. The van der Waals surface area contributed by atoms with E-state index in [0.29, 0.717) is 12.0 Å². The standard InChI is InChI=1S/C10H19NO2/c1-7(9(12)13)5-11-6-8-4-10(8,2)3/h7-8,11H,4-6H2,1-3H3,(H,12,13). The smallest absolute Gasteiger partial charge is 0.307 e. The van der Waals surface area contributed by atoms with Gasteiger partial charge in [-0.25, -0.2) is 0 Å². The second-order valence-corrected chi connectivity index (χ2v) is 4.79. The number of nitrogens with one attached hydrogen (secondary N) is 1. The molecule has 0 aromatic rings. The molecule has 3 nitrogen and oxygen atoms in total. The fourth-order valence-electron chi connectivity index (χ4n) is 1.49. The van der Waals surface area contributed by atoms with Crippen molar-refractivity contribution in [1.82, 2.24) is 5.32 Å². The maximum absolute atomic E-state index is 10.5. The predicted molar refractivity (Wildman–Crippen MR) is 51.6 cm³/mol. The van der Waals surface area contributed by atoms with E-state index < -0.39 is 5.97 Å². The summed E-state index contributed by atoms with van der Waals surface area (Å²) >= 11 is 0. The monoisotopic (exact) mass is 185 g/mol. The van der Waals surface area contributed by atoms with Gasteiger partial charge in [0.15, 0.2) is 0 Å². The number of hydrogen-bond donors (Lipinski definition) is 2. The highest BCUT2D eigenvalue weighted by Gasteiger charge is 2.44. The average molecular weight is 185 g/mol. The molecule has 0 amide bonds. The molecule has 76 valence electrons. The summed E-state index contributed by atoms with van der Waals surface area (Å²) in [5, 5.41) is 11.8. The van der Waals surface area contributed by atoms with Gasteiger partial charge in [0, 0.05) is 6.54 Å². The van der Waals surface area contributed by atoms with Crippen LogP contribution in [0.1, 0.15) is 27.2 Å². The molecule has 1 fully saturated rings. The number of aliphatic carboxylic acids is 1. The summed E-state index contributed by atoms with van der Waals surface area (Å²) in [7, 11) is 0. The molecule has 2 unspecified atom stereocenters. The number of rotatable bonds is 5. The first-order chi connectivity index (χ1) is 5.93. The summed E-state index contributed by atoms with van der Waals surface area (Å²) < 4.78 is 0. The molecular weight excluding hydrogens is 166 g/mol. The number of carboxylic acid groups (broad SMARTS) is 1. The molecule has 1 rings (SSSR count). The Kier molecular flexibility index (Phi) is 2.96. The largest absolute Gasteiger partial charge is 0.481 e. The van der Waals surface area contributed by atoms with Gasteiger partial charge in [-0.2, -0.15) is 0 Å². The first-order valence-corrected chi connectivity index (χ1v) is 4.87. The first kappa shape index (κ1) is 10.5. The molecule has 0 bridgehead atoms. The lowest BCUT2D eigenvalue weighted by atomic mass is 10.1. The fourth-order valence-corrected chi connectivity index (χ4v) is 1.49. The third-order valence-electron chi connectivity index (χ3n) is 2.98. The summed E-state index contributed by atoms with van der Waals surface area (Å²) in [6.45, 7) is 7.78. The Balaban J connectivity index is 2.06. The highest BCUT2D eigenvalue weighted by Crippen LogP contribution is 2.50. The van der Waals surface area contributed by atoms with Gasteiger partial charge in [-0.3, -0.25) is 4.79 Å². The Morgan fingerprint density at radius 1 is 1.69 bits per heavy atom. The van der Waals surface area contributed by atoms with Crippen LogP contribution in [-0.2, 0) is 4.79 Å². The van der Waals surface area contributed by atoms with Gasteiger partial charge in [0.1, 0.15) is 0 Å². The Labute approximate surface area is 79.5 Å². The molecule has 1 aliphatic rings. The van der Waals surface area contributed by atoms with Crippen LogP contribution >= 0.6 is 0 Å². The fraction of sp³-hybridized carbons (Fsp3) is 0.900. The Morgan fingerprint density at radius 2 is 2.23 bits per heavy atom. The van der Waals surface area contributed by atoms with Gasteiger partial charge in [-0.15, -0.1) is 0 Å². The summed E-state index contributed by atoms with van der Waals surface area (Å²) in [5.41, 5.74) is 0.486. The molecule has 13 heavy (non-hydrogen) atoms. The lowest BCUT2D eigenvalue weighted by Gasteiger charge is -2.08. The lowest BCUT2D eigenvalue weighted by Crippen LogP contribution is -2.28. The molecule has 0 heterocycles. The Bertz CT molecular complexity index is 201. The van der Waals surface area contributed by atoms with Crippen molar-refractivity contribution in [2.75, 3.05) is 13.1 Å². The van der Waals surface area contributed by atoms with Crippen LogP contribution in [0, 0.1) is 17.3 Å². The number of carboxylic acids is 1. The van der Waals surface area contributed by atoms with Crippen LogP contribution < -0.4 is 5.32 Å².